The third kappa shape index (κ3) is 1.09. The Morgan fingerprint density at radius 1 is 1.42 bits per heavy atom. The summed E-state index contributed by atoms with van der Waals surface area (Å²) in [6, 6.07) is 6.88. The Hall–Kier alpha value is -1.00. The number of fused-ring (bicyclic) bond motifs is 1. The van der Waals surface area contributed by atoms with E-state index in [4.69, 9.17) is 0 Å². The summed E-state index contributed by atoms with van der Waals surface area (Å²) in [5.74, 6) is -0.0507. The van der Waals surface area contributed by atoms with Gasteiger partial charge in [0.25, 0.3) is 0 Å². The second-order valence-electron chi connectivity index (χ2n) is 2.46. The van der Waals surface area contributed by atoms with Gasteiger partial charge in [0.05, 0.1) is 0 Å². The predicted molar refractivity (Wildman–Crippen MR) is 44.5 cm³/mol. The van der Waals surface area contributed by atoms with Crippen LogP contribution in [0.2, 0.25) is 0 Å². The lowest BCUT2D eigenvalue weighted by Gasteiger charge is -2.19. The van der Waals surface area contributed by atoms with Crippen molar-refractivity contribution in [3.8, 4) is 0 Å². The van der Waals surface area contributed by atoms with E-state index in [9.17, 15) is 9.35 Å². The third-order valence-electron chi connectivity index (χ3n) is 1.70. The van der Waals surface area contributed by atoms with Gasteiger partial charge in [-0.25, -0.2) is 0 Å². The minimum atomic E-state index is -1.33. The van der Waals surface area contributed by atoms with Crippen molar-refractivity contribution in [1.29, 1.82) is 0 Å². The minimum Gasteiger partial charge on any atom is -0.785 e. The van der Waals surface area contributed by atoms with Crippen LogP contribution >= 0.6 is 0 Å². The molecule has 1 aliphatic rings. The third-order valence-corrected chi connectivity index (χ3v) is 2.80. The molecule has 0 aliphatic carbocycles. The van der Waals surface area contributed by atoms with Crippen LogP contribution in [0.3, 0.4) is 0 Å². The predicted octanol–water partition coefficient (Wildman–Crippen LogP) is 1.17. The number of rotatable bonds is 0. The van der Waals surface area contributed by atoms with E-state index in [2.05, 4.69) is 4.36 Å². The van der Waals surface area contributed by atoms with Gasteiger partial charge < -0.3 is 4.55 Å². The first-order valence-electron chi connectivity index (χ1n) is 3.50. The van der Waals surface area contributed by atoms with Crippen LogP contribution in [0.15, 0.2) is 33.5 Å². The molecule has 3 nitrogen and oxygen atoms in total. The zero-order valence-corrected chi connectivity index (χ0v) is 7.00. The standard InChI is InChI=1S/C8H6NO2S/c10-7-5-9-12(11)8-4-2-1-3-6(7)8/h1-4H,5H2/q-1. The van der Waals surface area contributed by atoms with Crippen LogP contribution in [-0.4, -0.2) is 16.9 Å². The molecule has 0 saturated heterocycles. The van der Waals surface area contributed by atoms with E-state index >= 15 is 0 Å². The number of hydrogen-bond acceptors (Lipinski definition) is 3. The van der Waals surface area contributed by atoms with Crippen molar-refractivity contribution in [2.45, 2.75) is 4.90 Å². The lowest BCUT2D eigenvalue weighted by molar-refractivity contribution is 0.0997. The molecule has 1 aliphatic heterocycles. The first kappa shape index (κ1) is 7.64. The van der Waals surface area contributed by atoms with Gasteiger partial charge in [-0.05, 0) is 6.07 Å². The molecule has 2 rings (SSSR count). The Labute approximate surface area is 72.3 Å². The van der Waals surface area contributed by atoms with E-state index in [0.29, 0.717) is 10.5 Å². The van der Waals surface area contributed by atoms with Gasteiger partial charge in [-0.15, -0.1) is 0 Å². The van der Waals surface area contributed by atoms with Crippen LogP contribution in [0, 0.1) is 0 Å². The Morgan fingerprint density at radius 2 is 2.17 bits per heavy atom. The molecule has 1 heterocycles. The summed E-state index contributed by atoms with van der Waals surface area (Å²) in [4.78, 5) is 11.7. The highest BCUT2D eigenvalue weighted by atomic mass is 32.2. The number of benzene rings is 1. The van der Waals surface area contributed by atoms with Gasteiger partial charge in [0, 0.05) is 10.5 Å². The van der Waals surface area contributed by atoms with Gasteiger partial charge in [0.1, 0.15) is 6.54 Å². The molecule has 1 unspecified atom stereocenters. The van der Waals surface area contributed by atoms with Crippen LogP contribution in [0.4, 0.5) is 0 Å². The molecule has 0 fully saturated rings. The zero-order chi connectivity index (χ0) is 8.55. The molecule has 0 bridgehead atoms. The molecule has 1 aromatic rings. The van der Waals surface area contributed by atoms with E-state index in [1.165, 1.54) is 0 Å². The van der Waals surface area contributed by atoms with E-state index in [1.807, 2.05) is 0 Å². The Morgan fingerprint density at radius 3 is 2.92 bits per heavy atom. The van der Waals surface area contributed by atoms with Crippen molar-refractivity contribution in [3.63, 3.8) is 0 Å². The smallest absolute Gasteiger partial charge is 0.185 e. The largest absolute Gasteiger partial charge is 0.785 e. The van der Waals surface area contributed by atoms with Crippen molar-refractivity contribution >= 4 is 16.8 Å². The SMILES string of the molecule is O=C1CN=S([O-])c2ccccc21. The molecular formula is C8H6NO2S-. The number of nitrogens with zero attached hydrogens (tertiary/aromatic N) is 1. The number of ketones is 1. The maximum Gasteiger partial charge on any atom is 0.185 e. The zero-order valence-electron chi connectivity index (χ0n) is 6.19. The second-order valence-corrected chi connectivity index (χ2v) is 3.65. The molecule has 0 saturated carbocycles. The molecule has 12 heavy (non-hydrogen) atoms. The summed E-state index contributed by atoms with van der Waals surface area (Å²) in [5, 5.41) is 0. The summed E-state index contributed by atoms with van der Waals surface area (Å²) in [6.45, 7) is 0.0453. The Balaban J connectivity index is 2.66. The van der Waals surface area contributed by atoms with Gasteiger partial charge in [0.2, 0.25) is 0 Å². The fraction of sp³-hybridized carbons (Fsp3) is 0.125. The second kappa shape index (κ2) is 2.80. The van der Waals surface area contributed by atoms with Gasteiger partial charge >= 0.3 is 0 Å². The van der Waals surface area contributed by atoms with E-state index in [1.54, 1.807) is 24.3 Å². The maximum absolute atomic E-state index is 11.2. The monoisotopic (exact) mass is 180 g/mol. The average Bonchev–Trinajstić information content (AvgIpc) is 2.12. The number of carbonyl (C=O) groups excluding carboxylic acids is 1. The molecule has 0 N–H and O–H groups in total. The minimum absolute atomic E-state index is 0.0453. The molecule has 62 valence electrons. The van der Waals surface area contributed by atoms with Crippen molar-refractivity contribution in [3.05, 3.63) is 29.8 Å². The molecular weight excluding hydrogens is 174 g/mol. The maximum atomic E-state index is 11.2. The summed E-state index contributed by atoms with van der Waals surface area (Å²) in [7, 11) is -1.33. The highest BCUT2D eigenvalue weighted by Gasteiger charge is 2.13. The molecule has 0 amide bonds. The van der Waals surface area contributed by atoms with E-state index in [-0.39, 0.29) is 12.3 Å². The highest BCUT2D eigenvalue weighted by molar-refractivity contribution is 7.81. The molecule has 0 spiro atoms. The average molecular weight is 180 g/mol. The molecule has 4 heteroatoms. The fourth-order valence-corrected chi connectivity index (χ4v) is 2.06. The van der Waals surface area contributed by atoms with Crippen LogP contribution in [0.25, 0.3) is 0 Å². The van der Waals surface area contributed by atoms with Crippen molar-refractivity contribution < 1.29 is 9.35 Å². The van der Waals surface area contributed by atoms with Crippen LogP contribution in [0.1, 0.15) is 10.4 Å². The molecule has 1 aromatic carbocycles. The lowest BCUT2D eigenvalue weighted by Crippen LogP contribution is -2.13. The van der Waals surface area contributed by atoms with Crippen LogP contribution < -0.4 is 0 Å². The topological polar surface area (TPSA) is 52.5 Å². The first-order chi connectivity index (χ1) is 5.79. The quantitative estimate of drug-likeness (QED) is 0.601. The van der Waals surface area contributed by atoms with Gasteiger partial charge in [-0.2, -0.15) is 11.0 Å². The lowest BCUT2D eigenvalue weighted by atomic mass is 10.1. The summed E-state index contributed by atoms with van der Waals surface area (Å²) in [6.07, 6.45) is 0. The van der Waals surface area contributed by atoms with Crippen molar-refractivity contribution in [2.75, 3.05) is 6.54 Å². The van der Waals surface area contributed by atoms with Gasteiger partial charge in [-0.1, -0.05) is 18.2 Å². The van der Waals surface area contributed by atoms with Crippen molar-refractivity contribution in [1.82, 2.24) is 0 Å². The normalized spacial score (nSPS) is 21.4. The summed E-state index contributed by atoms with van der Waals surface area (Å²) < 4.78 is 14.9. The first-order valence-corrected chi connectivity index (χ1v) is 4.61. The number of Topliss-reactive ketones (excluding diaryl/α,β-unsaturated/α-hetero) is 1. The Kier molecular flexibility index (Phi) is 1.78. The van der Waals surface area contributed by atoms with E-state index in [0.717, 1.165) is 0 Å². The molecule has 1 atom stereocenters. The fourth-order valence-electron chi connectivity index (χ4n) is 1.12. The highest BCUT2D eigenvalue weighted by Crippen LogP contribution is 2.18. The Bertz CT molecular complexity index is 373. The summed E-state index contributed by atoms with van der Waals surface area (Å²) in [5.41, 5.74) is 0.547. The molecule has 0 aromatic heterocycles. The van der Waals surface area contributed by atoms with E-state index < -0.39 is 11.0 Å². The van der Waals surface area contributed by atoms with Crippen LogP contribution in [0.5, 0.6) is 0 Å². The van der Waals surface area contributed by atoms with Crippen LogP contribution in [-0.2, 0) is 11.0 Å². The molecule has 0 radical (unpaired) electrons. The van der Waals surface area contributed by atoms with Gasteiger partial charge in [0.15, 0.2) is 5.78 Å². The van der Waals surface area contributed by atoms with Gasteiger partial charge in [-0.3, -0.25) is 9.16 Å². The number of carbonyl (C=O) groups is 1. The number of hydrogen-bond donors (Lipinski definition) is 0. The summed E-state index contributed by atoms with van der Waals surface area (Å²) >= 11 is 0. The van der Waals surface area contributed by atoms with Crippen molar-refractivity contribution in [2.24, 2.45) is 4.36 Å².